The first-order valence-electron chi connectivity index (χ1n) is 9.84. The van der Waals surface area contributed by atoms with E-state index in [1.54, 1.807) is 0 Å². The number of hydrogen-bond donors (Lipinski definition) is 0. The normalized spacial score (nSPS) is 18.0. The summed E-state index contributed by atoms with van der Waals surface area (Å²) in [6.45, 7) is 0. The molecule has 28 heavy (non-hydrogen) atoms. The maximum Gasteiger partial charge on any atom is 0.0500 e. The number of benzene rings is 4. The minimum atomic E-state index is -0.120. The Bertz CT molecular complexity index is 1040. The van der Waals surface area contributed by atoms with E-state index in [0.717, 1.165) is 0 Å². The van der Waals surface area contributed by atoms with Crippen LogP contribution in [0, 0.1) is 0 Å². The molecule has 1 aliphatic rings. The Kier molecular flexibility index (Phi) is 4.18. The minimum absolute atomic E-state index is 0.120. The molecule has 0 saturated carbocycles. The summed E-state index contributed by atoms with van der Waals surface area (Å²) in [5.74, 6) is 0.243. The summed E-state index contributed by atoms with van der Waals surface area (Å²) in [4.78, 5) is 0. The summed E-state index contributed by atoms with van der Waals surface area (Å²) >= 11 is 0. The van der Waals surface area contributed by atoms with E-state index < -0.39 is 0 Å². The van der Waals surface area contributed by atoms with Crippen LogP contribution in [0.4, 0.5) is 0 Å². The topological polar surface area (TPSA) is 0 Å². The lowest BCUT2D eigenvalue weighted by atomic mass is 9.70. The fourth-order valence-electron chi connectivity index (χ4n) is 4.50. The zero-order chi connectivity index (χ0) is 18.8. The van der Waals surface area contributed by atoms with Crippen LogP contribution in [0.5, 0.6) is 0 Å². The van der Waals surface area contributed by atoms with Crippen LogP contribution in [0.15, 0.2) is 127 Å². The van der Waals surface area contributed by atoms with Gasteiger partial charge in [0, 0.05) is 11.3 Å². The monoisotopic (exact) mass is 358 g/mol. The van der Waals surface area contributed by atoms with Crippen molar-refractivity contribution in [2.75, 3.05) is 0 Å². The molecule has 1 unspecified atom stereocenters. The van der Waals surface area contributed by atoms with E-state index in [-0.39, 0.29) is 11.3 Å². The Hall–Kier alpha value is -3.38. The summed E-state index contributed by atoms with van der Waals surface area (Å²) in [5, 5.41) is 0. The third-order valence-electron chi connectivity index (χ3n) is 5.79. The first-order chi connectivity index (χ1) is 13.9. The second-order valence-corrected chi connectivity index (χ2v) is 7.41. The largest absolute Gasteiger partial charge is 0.0636 e. The summed E-state index contributed by atoms with van der Waals surface area (Å²) in [7, 11) is 0. The lowest BCUT2D eigenvalue weighted by Crippen LogP contribution is -2.23. The van der Waals surface area contributed by atoms with E-state index in [1.165, 1.54) is 27.8 Å². The second-order valence-electron chi connectivity index (χ2n) is 7.41. The Labute approximate surface area is 166 Å². The average molecular weight is 358 g/mol. The van der Waals surface area contributed by atoms with Gasteiger partial charge in [0.1, 0.15) is 0 Å². The molecule has 0 fully saturated rings. The second kappa shape index (κ2) is 6.98. The Morgan fingerprint density at radius 1 is 0.464 bits per heavy atom. The smallest absolute Gasteiger partial charge is 0.0500 e. The van der Waals surface area contributed by atoms with Crippen molar-refractivity contribution in [3.63, 3.8) is 0 Å². The molecule has 1 aliphatic carbocycles. The Morgan fingerprint density at radius 2 is 0.893 bits per heavy atom. The molecule has 5 rings (SSSR count). The van der Waals surface area contributed by atoms with Gasteiger partial charge < -0.3 is 0 Å². The van der Waals surface area contributed by atoms with E-state index in [1.807, 2.05) is 0 Å². The van der Waals surface area contributed by atoms with Gasteiger partial charge in [-0.05, 0) is 27.8 Å². The number of rotatable bonds is 5. The van der Waals surface area contributed by atoms with Crippen molar-refractivity contribution < 1.29 is 0 Å². The van der Waals surface area contributed by atoms with E-state index in [4.69, 9.17) is 0 Å². The van der Waals surface area contributed by atoms with Gasteiger partial charge >= 0.3 is 0 Å². The molecule has 0 radical (unpaired) electrons. The molecule has 0 bridgehead atoms. The van der Waals surface area contributed by atoms with Crippen LogP contribution in [0.25, 0.3) is 5.57 Å². The van der Waals surface area contributed by atoms with Crippen LogP contribution >= 0.6 is 0 Å². The quantitative estimate of drug-likeness (QED) is 0.366. The van der Waals surface area contributed by atoms with Gasteiger partial charge in [-0.25, -0.2) is 0 Å². The highest BCUT2D eigenvalue weighted by atomic mass is 14.5. The maximum atomic E-state index is 2.46. The van der Waals surface area contributed by atoms with Crippen molar-refractivity contribution in [2.45, 2.75) is 11.3 Å². The molecule has 0 N–H and O–H groups in total. The molecule has 134 valence electrons. The first-order valence-corrected chi connectivity index (χ1v) is 9.84. The van der Waals surface area contributed by atoms with Gasteiger partial charge in [0.25, 0.3) is 0 Å². The van der Waals surface area contributed by atoms with Crippen LogP contribution < -0.4 is 0 Å². The van der Waals surface area contributed by atoms with Gasteiger partial charge in [-0.1, -0.05) is 127 Å². The van der Waals surface area contributed by atoms with Crippen molar-refractivity contribution in [3.05, 3.63) is 150 Å². The highest BCUT2D eigenvalue weighted by molar-refractivity contribution is 5.93. The van der Waals surface area contributed by atoms with Gasteiger partial charge in [-0.15, -0.1) is 0 Å². The average Bonchev–Trinajstić information content (AvgIpc) is 3.53. The molecule has 4 aromatic rings. The van der Waals surface area contributed by atoms with E-state index in [2.05, 4.69) is 127 Å². The van der Waals surface area contributed by atoms with Crippen LogP contribution in [-0.2, 0) is 5.41 Å². The number of hydrogen-bond acceptors (Lipinski definition) is 0. The summed E-state index contributed by atoms with van der Waals surface area (Å²) < 4.78 is 0. The molecular formula is C28H22. The Balaban J connectivity index is 1.72. The molecule has 0 aromatic heterocycles. The fraction of sp³-hybridized carbons (Fsp3) is 0.0714. The van der Waals surface area contributed by atoms with Gasteiger partial charge in [0.15, 0.2) is 0 Å². The zero-order valence-corrected chi connectivity index (χ0v) is 15.7. The maximum absolute atomic E-state index is 2.46. The molecule has 0 saturated heterocycles. The molecule has 4 aromatic carbocycles. The zero-order valence-electron chi connectivity index (χ0n) is 15.7. The van der Waals surface area contributed by atoms with Crippen LogP contribution in [-0.4, -0.2) is 0 Å². The van der Waals surface area contributed by atoms with Crippen LogP contribution in [0.2, 0.25) is 0 Å². The van der Waals surface area contributed by atoms with Crippen molar-refractivity contribution in [1.29, 1.82) is 0 Å². The summed E-state index contributed by atoms with van der Waals surface area (Å²) in [5.41, 5.74) is 6.65. The lowest BCUT2D eigenvalue weighted by molar-refractivity contribution is 0.657. The molecule has 0 amide bonds. The van der Waals surface area contributed by atoms with E-state index in [9.17, 15) is 0 Å². The third kappa shape index (κ3) is 2.78. The first kappa shape index (κ1) is 16.8. The van der Waals surface area contributed by atoms with Crippen molar-refractivity contribution >= 4 is 5.57 Å². The highest BCUT2D eigenvalue weighted by Crippen LogP contribution is 2.62. The molecule has 0 nitrogen and oxygen atoms in total. The predicted octanol–water partition coefficient (Wildman–Crippen LogP) is 6.85. The van der Waals surface area contributed by atoms with Gasteiger partial charge in [-0.3, -0.25) is 0 Å². The van der Waals surface area contributed by atoms with Gasteiger partial charge in [0.2, 0.25) is 0 Å². The third-order valence-corrected chi connectivity index (χ3v) is 5.79. The fourth-order valence-corrected chi connectivity index (χ4v) is 4.50. The Morgan fingerprint density at radius 3 is 1.39 bits per heavy atom. The molecule has 0 aliphatic heterocycles. The SMILES string of the molecule is C1=C(c2ccccc2)C1(c1ccccc1)C(c1ccccc1)c1ccccc1. The number of allylic oxidation sites excluding steroid dienone is 2. The molecule has 0 heteroatoms. The molecule has 0 spiro atoms. The minimum Gasteiger partial charge on any atom is -0.0636 e. The van der Waals surface area contributed by atoms with E-state index >= 15 is 0 Å². The lowest BCUT2D eigenvalue weighted by Gasteiger charge is -2.31. The highest BCUT2D eigenvalue weighted by Gasteiger charge is 2.52. The molecule has 1 atom stereocenters. The van der Waals surface area contributed by atoms with Crippen molar-refractivity contribution in [2.24, 2.45) is 0 Å². The van der Waals surface area contributed by atoms with Gasteiger partial charge in [0.05, 0.1) is 0 Å². The molecular weight excluding hydrogens is 336 g/mol. The molecule has 0 heterocycles. The van der Waals surface area contributed by atoms with Crippen molar-refractivity contribution in [3.8, 4) is 0 Å². The van der Waals surface area contributed by atoms with Crippen molar-refractivity contribution in [1.82, 2.24) is 0 Å². The summed E-state index contributed by atoms with van der Waals surface area (Å²) in [6, 6.07) is 43.6. The predicted molar refractivity (Wildman–Crippen MR) is 117 cm³/mol. The standard InChI is InChI=1S/C28H22/c1-5-13-22(14-6-1)26-21-28(26,25-19-11-4-12-20-25)27(23-15-7-2-8-16-23)24-17-9-3-10-18-24/h1-21,27H. The van der Waals surface area contributed by atoms with Gasteiger partial charge in [-0.2, -0.15) is 0 Å². The van der Waals surface area contributed by atoms with Crippen LogP contribution in [0.3, 0.4) is 0 Å². The van der Waals surface area contributed by atoms with Crippen LogP contribution in [0.1, 0.15) is 28.2 Å². The van der Waals surface area contributed by atoms with E-state index in [0.29, 0.717) is 0 Å². The summed E-state index contributed by atoms with van der Waals surface area (Å²) in [6.07, 6.45) is 2.46.